The van der Waals surface area contributed by atoms with Crippen LogP contribution < -0.4 is 15.9 Å². The number of hydrogen-bond donors (Lipinski definition) is 2. The van der Waals surface area contributed by atoms with Crippen molar-refractivity contribution < 1.29 is 0 Å². The van der Waals surface area contributed by atoms with Gasteiger partial charge in [-0.2, -0.15) is 0 Å². The Bertz CT molecular complexity index is 458. The van der Waals surface area contributed by atoms with Gasteiger partial charge in [0.1, 0.15) is 0 Å². The quantitative estimate of drug-likeness (QED) is 0.792. The molecule has 0 saturated heterocycles. The molecule has 2 rings (SSSR count). The van der Waals surface area contributed by atoms with Gasteiger partial charge in [0.15, 0.2) is 0 Å². The summed E-state index contributed by atoms with van der Waals surface area (Å²) in [6.45, 7) is 0. The Hall–Kier alpha value is -1.44. The molecule has 1 aromatic rings. The second kappa shape index (κ2) is 5.06. The summed E-state index contributed by atoms with van der Waals surface area (Å²) in [5.74, 6) is 0. The van der Waals surface area contributed by atoms with Crippen LogP contribution in [0.5, 0.6) is 0 Å². The van der Waals surface area contributed by atoms with Crippen LogP contribution in [0.25, 0.3) is 0 Å². The maximum atomic E-state index is 5.81. The molecule has 0 heterocycles. The van der Waals surface area contributed by atoms with E-state index in [9.17, 15) is 0 Å². The minimum absolute atomic E-state index is 0.368. The van der Waals surface area contributed by atoms with E-state index in [4.69, 9.17) is 11.5 Å². The van der Waals surface area contributed by atoms with Crippen molar-refractivity contribution in [2.24, 2.45) is 11.5 Å². The molecule has 0 saturated carbocycles. The van der Waals surface area contributed by atoms with Crippen molar-refractivity contribution in [3.05, 3.63) is 64.4 Å². The minimum atomic E-state index is 0.368. The van der Waals surface area contributed by atoms with E-state index >= 15 is 0 Å². The maximum absolute atomic E-state index is 5.81. The number of nitrogens with two attached hydrogens (primary N) is 2. The number of hydrogen-bond acceptors (Lipinski definition) is 2. The van der Waals surface area contributed by atoms with Gasteiger partial charge >= 0.3 is 102 Å². The van der Waals surface area contributed by atoms with Gasteiger partial charge in [0.05, 0.1) is 0 Å². The predicted octanol–water partition coefficient (Wildman–Crippen LogP) is 0.989. The van der Waals surface area contributed by atoms with Crippen LogP contribution in [0.3, 0.4) is 0 Å². The van der Waals surface area contributed by atoms with Crippen molar-refractivity contribution >= 4 is 19.4 Å². The molecule has 1 aromatic carbocycles. The Morgan fingerprint density at radius 1 is 1.06 bits per heavy atom. The van der Waals surface area contributed by atoms with Gasteiger partial charge in [-0.15, -0.1) is 0 Å². The Morgan fingerprint density at radius 2 is 1.81 bits per heavy atom. The molecular weight excluding hydrogens is 263 g/mol. The molecule has 4 N–H and O–H groups in total. The van der Waals surface area contributed by atoms with E-state index in [-0.39, 0.29) is 0 Å². The Morgan fingerprint density at radius 3 is 2.50 bits per heavy atom. The normalized spacial score (nSPS) is 18.1. The monoisotopic (exact) mass is 278 g/mol. The molecule has 0 aliphatic heterocycles. The summed E-state index contributed by atoms with van der Waals surface area (Å²) in [5, 5.41) is 0. The van der Waals surface area contributed by atoms with Gasteiger partial charge in [0.25, 0.3) is 0 Å². The van der Waals surface area contributed by atoms with E-state index in [1.807, 2.05) is 12.1 Å². The van der Waals surface area contributed by atoms with Gasteiger partial charge in [0.2, 0.25) is 0 Å². The molecule has 1 aliphatic carbocycles. The number of allylic oxidation sites excluding steroid dienone is 3. The van der Waals surface area contributed by atoms with Crippen molar-refractivity contribution in [3.63, 3.8) is 0 Å². The molecule has 0 fully saturated rings. The van der Waals surface area contributed by atoms with E-state index < -0.39 is 0 Å². The molecule has 0 bridgehead atoms. The molecular formula is C13H14N2Se. The van der Waals surface area contributed by atoms with Crippen molar-refractivity contribution in [2.45, 2.75) is 6.42 Å². The van der Waals surface area contributed by atoms with Crippen molar-refractivity contribution in [2.75, 3.05) is 0 Å². The molecule has 0 unspecified atom stereocenters. The van der Waals surface area contributed by atoms with Gasteiger partial charge in [-0.05, 0) is 0 Å². The van der Waals surface area contributed by atoms with Crippen LogP contribution in [-0.2, 0) is 0 Å². The van der Waals surface area contributed by atoms with E-state index in [1.54, 1.807) is 0 Å². The van der Waals surface area contributed by atoms with E-state index in [0.717, 1.165) is 12.1 Å². The molecule has 0 amide bonds. The zero-order chi connectivity index (χ0) is 11.4. The van der Waals surface area contributed by atoms with Crippen LogP contribution in [0.2, 0.25) is 0 Å². The Kier molecular flexibility index (Phi) is 3.50. The molecule has 82 valence electrons. The first-order valence-corrected chi connectivity index (χ1v) is 6.93. The zero-order valence-electron chi connectivity index (χ0n) is 8.89. The average Bonchev–Trinajstić information content (AvgIpc) is 2.32. The summed E-state index contributed by atoms with van der Waals surface area (Å²) in [6.07, 6.45) is 4.71. The third kappa shape index (κ3) is 2.78. The van der Waals surface area contributed by atoms with Crippen LogP contribution in [0, 0.1) is 0 Å². The molecule has 0 aromatic heterocycles. The van der Waals surface area contributed by atoms with Gasteiger partial charge in [-0.1, -0.05) is 0 Å². The summed E-state index contributed by atoms with van der Waals surface area (Å²) < 4.78 is 1.37. The fourth-order valence-corrected chi connectivity index (χ4v) is 3.01. The molecule has 0 spiro atoms. The van der Waals surface area contributed by atoms with Gasteiger partial charge in [0, 0.05) is 0 Å². The number of rotatable bonds is 2. The third-order valence-corrected chi connectivity index (χ3v) is 4.36. The van der Waals surface area contributed by atoms with E-state index in [2.05, 4.69) is 35.3 Å². The summed E-state index contributed by atoms with van der Waals surface area (Å²) in [5.41, 5.74) is 14.2. The van der Waals surface area contributed by atoms with Gasteiger partial charge < -0.3 is 0 Å². The van der Waals surface area contributed by atoms with Crippen LogP contribution in [0.15, 0.2) is 64.4 Å². The SMILES string of the molecule is NC1=C(N)CC(=C[Se]c2ccccc2)C=C1. The van der Waals surface area contributed by atoms with Crippen LogP contribution in [-0.4, -0.2) is 15.0 Å². The molecule has 3 heteroatoms. The van der Waals surface area contributed by atoms with Crippen LogP contribution in [0.4, 0.5) is 0 Å². The Balaban J connectivity index is 2.03. The number of benzene rings is 1. The van der Waals surface area contributed by atoms with Crippen molar-refractivity contribution in [1.82, 2.24) is 0 Å². The first-order chi connectivity index (χ1) is 7.75. The third-order valence-electron chi connectivity index (χ3n) is 2.33. The molecule has 2 nitrogen and oxygen atoms in total. The fourth-order valence-electron chi connectivity index (χ4n) is 1.41. The zero-order valence-corrected chi connectivity index (χ0v) is 10.6. The molecule has 16 heavy (non-hydrogen) atoms. The standard InChI is InChI=1S/C13H14N2Se/c14-12-7-6-10(8-13(12)15)9-16-11-4-2-1-3-5-11/h1-7,9H,8,14-15H2. The first-order valence-electron chi connectivity index (χ1n) is 5.08. The van der Waals surface area contributed by atoms with Crippen molar-refractivity contribution in [3.8, 4) is 0 Å². The topological polar surface area (TPSA) is 52.0 Å². The second-order valence-corrected chi connectivity index (χ2v) is 5.59. The molecule has 0 atom stereocenters. The Labute approximate surface area is 102 Å². The summed E-state index contributed by atoms with van der Waals surface area (Å²) >= 11 is 0.368. The predicted molar refractivity (Wildman–Crippen MR) is 69.1 cm³/mol. The summed E-state index contributed by atoms with van der Waals surface area (Å²) in [6, 6.07) is 10.5. The molecule has 0 radical (unpaired) electrons. The van der Waals surface area contributed by atoms with Gasteiger partial charge in [-0.3, -0.25) is 0 Å². The second-order valence-electron chi connectivity index (χ2n) is 3.61. The fraction of sp³-hybridized carbons (Fsp3) is 0.0769. The molecule has 1 aliphatic rings. The summed E-state index contributed by atoms with van der Waals surface area (Å²) in [7, 11) is 0. The first kappa shape index (κ1) is 11.1. The summed E-state index contributed by atoms with van der Waals surface area (Å²) in [4.78, 5) is 2.26. The average molecular weight is 277 g/mol. The van der Waals surface area contributed by atoms with E-state index in [1.165, 1.54) is 10.0 Å². The van der Waals surface area contributed by atoms with Crippen molar-refractivity contribution in [1.29, 1.82) is 0 Å². The van der Waals surface area contributed by atoms with Crippen LogP contribution >= 0.6 is 0 Å². The van der Waals surface area contributed by atoms with E-state index in [0.29, 0.717) is 20.7 Å². The van der Waals surface area contributed by atoms with Crippen LogP contribution in [0.1, 0.15) is 6.42 Å². The van der Waals surface area contributed by atoms with Gasteiger partial charge in [-0.25, -0.2) is 0 Å².